The lowest BCUT2D eigenvalue weighted by atomic mass is 9.92. The molecule has 1 saturated carbocycles. The molecule has 2 unspecified atom stereocenters. The first-order valence-electron chi connectivity index (χ1n) is 23.6. The summed E-state index contributed by atoms with van der Waals surface area (Å²) in [7, 11) is 3.42. The van der Waals surface area contributed by atoms with Crippen LogP contribution >= 0.6 is 0 Å². The molecule has 4 fully saturated rings. The third-order valence-electron chi connectivity index (χ3n) is 14.4. The maximum absolute atomic E-state index is 16.0. The topological polar surface area (TPSA) is 167 Å². The van der Waals surface area contributed by atoms with Crippen LogP contribution in [0.3, 0.4) is 0 Å². The van der Waals surface area contributed by atoms with Crippen molar-refractivity contribution < 1.29 is 27.6 Å². The van der Waals surface area contributed by atoms with Gasteiger partial charge >= 0.3 is 5.69 Å². The first-order valence-corrected chi connectivity index (χ1v) is 23.6. The summed E-state index contributed by atoms with van der Waals surface area (Å²) in [5.74, 6) is 3.10. The molecule has 0 radical (unpaired) electrons. The molecule has 4 aromatic heterocycles. The highest BCUT2D eigenvalue weighted by Crippen LogP contribution is 2.40. The van der Waals surface area contributed by atoms with E-state index in [0.29, 0.717) is 86.6 Å². The molecule has 3 saturated heterocycles. The Balaban J connectivity index is 0.706. The Bertz CT molecular complexity index is 3170. The van der Waals surface area contributed by atoms with Gasteiger partial charge in [0.05, 0.1) is 47.2 Å². The van der Waals surface area contributed by atoms with Gasteiger partial charge in [0.1, 0.15) is 12.2 Å². The van der Waals surface area contributed by atoms with Crippen molar-refractivity contribution in [2.75, 3.05) is 50.0 Å². The van der Waals surface area contributed by atoms with E-state index in [-0.39, 0.29) is 42.6 Å². The number of anilines is 3. The molecular weight excluding hydrogens is 890 g/mol. The number of amides is 3. The van der Waals surface area contributed by atoms with E-state index in [4.69, 9.17) is 10.1 Å². The normalized spacial score (nSPS) is 22.9. The molecule has 0 bridgehead atoms. The number of imide groups is 1. The number of aryl methyl sites for hydroxylation is 1. The van der Waals surface area contributed by atoms with Crippen LogP contribution in [0.1, 0.15) is 71.7 Å². The number of aromatic nitrogens is 6. The zero-order valence-electron chi connectivity index (χ0n) is 38.2. The first-order chi connectivity index (χ1) is 33.3. The van der Waals surface area contributed by atoms with E-state index in [2.05, 4.69) is 37.7 Å². The van der Waals surface area contributed by atoms with Gasteiger partial charge in [-0.2, -0.15) is 0 Å². The monoisotopic (exact) mass is 940 g/mol. The van der Waals surface area contributed by atoms with Gasteiger partial charge < -0.3 is 15.5 Å². The quantitative estimate of drug-likeness (QED) is 0.132. The molecule has 0 spiro atoms. The lowest BCUT2D eigenvalue weighted by Crippen LogP contribution is -2.59. The van der Waals surface area contributed by atoms with Gasteiger partial charge in [-0.15, -0.1) is 5.10 Å². The summed E-state index contributed by atoms with van der Waals surface area (Å²) in [4.78, 5) is 65.6. The minimum absolute atomic E-state index is 0.0467. The van der Waals surface area contributed by atoms with Gasteiger partial charge in [0.15, 0.2) is 17.2 Å². The average Bonchev–Trinajstić information content (AvgIpc) is 3.61. The molecule has 3 amide bonds. The molecule has 356 valence electrons. The van der Waals surface area contributed by atoms with Crippen molar-refractivity contribution in [2.24, 2.45) is 13.0 Å². The summed E-state index contributed by atoms with van der Waals surface area (Å²) < 4.78 is 50.0. The summed E-state index contributed by atoms with van der Waals surface area (Å²) in [6, 6.07) is 15.2. The van der Waals surface area contributed by atoms with E-state index in [0.717, 1.165) is 40.1 Å². The maximum Gasteiger partial charge on any atom is 0.329 e. The number of piperidine rings is 3. The fourth-order valence-electron chi connectivity index (χ4n) is 10.6. The van der Waals surface area contributed by atoms with E-state index in [1.807, 2.05) is 58.3 Å². The Kier molecular flexibility index (Phi) is 11.3. The Morgan fingerprint density at radius 3 is 2.51 bits per heavy atom. The van der Waals surface area contributed by atoms with Crippen LogP contribution in [0.5, 0.6) is 0 Å². The SMILES string of the molecule is CNc1cc(N2CCc3c(-c4ccc(CN5CCC(N6CCC(C#Cc7ccc8c(c7)n(C)c(=O)n8C7CCC(=O)NC7=O)CC6)C(F)(F)C5)cn4)cccc32)nn2c(C(=O)N[C@@H]3C[C@@H]3F)cnc12. The molecule has 3 N–H and O–H groups in total. The van der Waals surface area contributed by atoms with Crippen molar-refractivity contribution >= 4 is 51.6 Å². The number of imidazole rings is 2. The number of carbonyl (C=O) groups excluding carboxylic acids is 3. The lowest BCUT2D eigenvalue weighted by Gasteiger charge is -2.45. The fourth-order valence-corrected chi connectivity index (χ4v) is 10.6. The molecule has 69 heavy (non-hydrogen) atoms. The molecular formula is C50H51F3N12O4. The molecule has 6 aromatic rings. The van der Waals surface area contributed by atoms with Crippen LogP contribution in [-0.4, -0.2) is 120 Å². The van der Waals surface area contributed by atoms with Gasteiger partial charge in [0.25, 0.3) is 11.8 Å². The lowest BCUT2D eigenvalue weighted by molar-refractivity contribution is -0.135. The number of benzene rings is 2. The molecule has 5 aliphatic rings. The van der Waals surface area contributed by atoms with Crippen LogP contribution in [0.15, 0.2) is 71.8 Å². The van der Waals surface area contributed by atoms with Gasteiger partial charge in [-0.05, 0) is 86.7 Å². The second-order valence-electron chi connectivity index (χ2n) is 18.9. The van der Waals surface area contributed by atoms with Gasteiger partial charge in [0.2, 0.25) is 11.8 Å². The number of carbonyl (C=O) groups is 3. The molecule has 19 heteroatoms. The van der Waals surface area contributed by atoms with E-state index < -0.39 is 42.0 Å². The Morgan fingerprint density at radius 1 is 0.942 bits per heavy atom. The van der Waals surface area contributed by atoms with Crippen LogP contribution in [0.4, 0.5) is 30.4 Å². The highest BCUT2D eigenvalue weighted by Gasteiger charge is 2.48. The number of likely N-dealkylation sites (tertiary alicyclic amines) is 2. The number of halogens is 3. The van der Waals surface area contributed by atoms with Crippen molar-refractivity contribution in [3.63, 3.8) is 0 Å². The Morgan fingerprint density at radius 2 is 1.77 bits per heavy atom. The van der Waals surface area contributed by atoms with Gasteiger partial charge in [-0.3, -0.25) is 43.6 Å². The number of pyridine rings is 1. The third kappa shape index (κ3) is 8.28. The predicted molar refractivity (Wildman–Crippen MR) is 252 cm³/mol. The van der Waals surface area contributed by atoms with Crippen LogP contribution in [-0.2, 0) is 29.6 Å². The van der Waals surface area contributed by atoms with Crippen LogP contribution in [0.2, 0.25) is 0 Å². The van der Waals surface area contributed by atoms with Gasteiger partial charge in [0, 0.05) is 81.6 Å². The van der Waals surface area contributed by atoms with Crippen molar-refractivity contribution in [3.05, 3.63) is 99.9 Å². The van der Waals surface area contributed by atoms with E-state index in [1.54, 1.807) is 26.4 Å². The minimum Gasteiger partial charge on any atom is -0.385 e. The van der Waals surface area contributed by atoms with E-state index >= 15 is 8.78 Å². The smallest absolute Gasteiger partial charge is 0.329 e. The second kappa shape index (κ2) is 17.5. The molecule has 4 aliphatic heterocycles. The average molecular weight is 941 g/mol. The number of nitrogens with zero attached hydrogens (tertiary/aromatic N) is 9. The van der Waals surface area contributed by atoms with Crippen molar-refractivity contribution in [1.82, 2.24) is 49.1 Å². The number of hydrogen-bond donors (Lipinski definition) is 3. The zero-order chi connectivity index (χ0) is 47.7. The van der Waals surface area contributed by atoms with Gasteiger partial charge in [-0.25, -0.2) is 27.5 Å². The molecule has 4 atom stereocenters. The summed E-state index contributed by atoms with van der Waals surface area (Å²) >= 11 is 0. The molecule has 16 nitrogen and oxygen atoms in total. The largest absolute Gasteiger partial charge is 0.385 e. The van der Waals surface area contributed by atoms with E-state index in [9.17, 15) is 23.6 Å². The Labute approximate surface area is 394 Å². The predicted octanol–water partition coefficient (Wildman–Crippen LogP) is 4.97. The third-order valence-corrected chi connectivity index (χ3v) is 14.4. The summed E-state index contributed by atoms with van der Waals surface area (Å²) in [5.41, 5.74) is 7.67. The Hall–Kier alpha value is -7.04. The van der Waals surface area contributed by atoms with Crippen molar-refractivity contribution in [2.45, 2.75) is 81.7 Å². The highest BCUT2D eigenvalue weighted by molar-refractivity contribution is 6.00. The maximum atomic E-state index is 16.0. The fraction of sp³-hybridized carbons (Fsp3) is 0.420. The standard InChI is InChI=1S/C50H51F3N12O4/c1-54-37-24-44(59-65-42(26-56-46(37)65)48(68)57-36-23-34(36)51)63-21-16-33-32(4-3-5-38(33)63)35-10-8-31(25-55-35)27-61-18-17-43(50(52,53)28-61)62-19-14-29(15-20-62)6-7-30-9-11-39-41(22-30)60(2)49(69)64(39)40-12-13-45(66)58-47(40)67/h3-5,8-11,22,24-26,29,34,36,40,43,54H,12-21,23,27-28H2,1-2H3,(H,57,68)(H,58,66,67)/t34-,36+,40?,43?/m0/s1. The van der Waals surface area contributed by atoms with E-state index in [1.165, 1.54) is 19.8 Å². The molecule has 1 aliphatic carbocycles. The molecule has 2 aromatic carbocycles. The van der Waals surface area contributed by atoms with Crippen LogP contribution in [0.25, 0.3) is 27.9 Å². The molecule has 11 rings (SSSR count). The summed E-state index contributed by atoms with van der Waals surface area (Å²) in [5, 5.41) is 13.0. The second-order valence-corrected chi connectivity index (χ2v) is 18.9. The van der Waals surface area contributed by atoms with Gasteiger partial charge in [-0.1, -0.05) is 30.0 Å². The number of hydrogen-bond acceptors (Lipinski definition) is 11. The first kappa shape index (κ1) is 44.5. The van der Waals surface area contributed by atoms with Crippen molar-refractivity contribution in [3.8, 4) is 23.1 Å². The number of fused-ring (bicyclic) bond motifs is 3. The van der Waals surface area contributed by atoms with Crippen LogP contribution < -0.4 is 26.5 Å². The van der Waals surface area contributed by atoms with Crippen LogP contribution in [0, 0.1) is 17.8 Å². The summed E-state index contributed by atoms with van der Waals surface area (Å²) in [6.07, 6.45) is 5.35. The number of rotatable bonds is 9. The van der Waals surface area contributed by atoms with Crippen molar-refractivity contribution in [1.29, 1.82) is 0 Å². The number of nitrogens with one attached hydrogen (secondary N) is 3. The number of alkyl halides is 3. The minimum atomic E-state index is -2.90. The molecule has 8 heterocycles. The summed E-state index contributed by atoms with van der Waals surface area (Å²) in [6.45, 7) is 2.27. The highest BCUT2D eigenvalue weighted by atomic mass is 19.3. The zero-order valence-corrected chi connectivity index (χ0v) is 38.2.